The molecule has 8 heteroatoms. The number of rotatable bonds is 5. The van der Waals surface area contributed by atoms with E-state index in [1.807, 2.05) is 11.8 Å². The number of nitrogens with one attached hydrogen (secondary N) is 1. The van der Waals surface area contributed by atoms with E-state index in [1.165, 1.54) is 17.0 Å². The molecule has 0 aliphatic carbocycles. The Morgan fingerprint density at radius 3 is 2.70 bits per heavy atom. The van der Waals surface area contributed by atoms with Crippen LogP contribution in [0.5, 0.6) is 0 Å². The zero-order chi connectivity index (χ0) is 22.0. The number of carbonyl (C=O) groups excluding carboxylic acids is 2. The molecule has 3 rings (SSSR count). The molecular weight excluding hydrogens is 385 g/mol. The van der Waals surface area contributed by atoms with Crippen LogP contribution < -0.4 is 5.32 Å². The van der Waals surface area contributed by atoms with Crippen LogP contribution in [-0.4, -0.2) is 59.4 Å². The number of halogens is 1. The van der Waals surface area contributed by atoms with E-state index < -0.39 is 5.82 Å². The molecule has 1 atom stereocenters. The fourth-order valence-electron chi connectivity index (χ4n) is 3.95. The molecule has 30 heavy (non-hydrogen) atoms. The first-order chi connectivity index (χ1) is 14.2. The van der Waals surface area contributed by atoms with Gasteiger partial charge in [0.1, 0.15) is 17.7 Å². The van der Waals surface area contributed by atoms with E-state index in [9.17, 15) is 19.2 Å². The van der Waals surface area contributed by atoms with Crippen molar-refractivity contribution in [1.82, 2.24) is 14.4 Å². The van der Waals surface area contributed by atoms with E-state index in [-0.39, 0.29) is 24.4 Å². The van der Waals surface area contributed by atoms with Crippen molar-refractivity contribution in [2.24, 2.45) is 0 Å². The molecule has 2 heterocycles. The maximum Gasteiger partial charge on any atom is 0.239 e. The molecule has 1 aliphatic heterocycles. The zero-order valence-electron chi connectivity index (χ0n) is 17.7. The number of nitrogens with zero attached hydrogens (tertiary/aromatic N) is 4. The topological polar surface area (TPSA) is 81.4 Å². The summed E-state index contributed by atoms with van der Waals surface area (Å²) >= 11 is 0. The molecule has 7 nitrogen and oxygen atoms in total. The van der Waals surface area contributed by atoms with E-state index in [0.717, 1.165) is 17.7 Å². The van der Waals surface area contributed by atoms with Gasteiger partial charge < -0.3 is 10.2 Å². The number of anilines is 1. The molecule has 2 amide bonds. The van der Waals surface area contributed by atoms with Crippen LogP contribution in [0.4, 0.5) is 10.2 Å². The molecule has 1 unspecified atom stereocenters. The summed E-state index contributed by atoms with van der Waals surface area (Å²) in [4.78, 5) is 28.7. The molecule has 0 spiro atoms. The Morgan fingerprint density at radius 2 is 2.07 bits per heavy atom. The lowest BCUT2D eigenvalue weighted by molar-refractivity contribution is -0.133. The average molecular weight is 411 g/mol. The lowest BCUT2D eigenvalue weighted by Crippen LogP contribution is -2.45. The van der Waals surface area contributed by atoms with Gasteiger partial charge in [-0.15, -0.1) is 0 Å². The summed E-state index contributed by atoms with van der Waals surface area (Å²) in [7, 11) is 3.41. The highest BCUT2D eigenvalue weighted by atomic mass is 19.1. The van der Waals surface area contributed by atoms with Crippen LogP contribution in [0, 0.1) is 31.0 Å². The van der Waals surface area contributed by atoms with Gasteiger partial charge in [-0.25, -0.2) is 4.39 Å². The van der Waals surface area contributed by atoms with Crippen LogP contribution in [0.3, 0.4) is 0 Å². The lowest BCUT2D eigenvalue weighted by Gasteiger charge is -2.25. The van der Waals surface area contributed by atoms with Crippen LogP contribution in [0.15, 0.2) is 24.3 Å². The third kappa shape index (κ3) is 4.07. The third-order valence-electron chi connectivity index (χ3n) is 5.59. The molecule has 1 aromatic heterocycles. The van der Waals surface area contributed by atoms with Crippen molar-refractivity contribution in [2.75, 3.05) is 32.5 Å². The molecule has 1 saturated heterocycles. The SMILES string of the molecule is Cc1c(C#N)c(NC(=O)CN2CCCC2C(=O)N(C)C)n(-c2cccc(F)c2)c1C. The van der Waals surface area contributed by atoms with Gasteiger partial charge >= 0.3 is 0 Å². The van der Waals surface area contributed by atoms with Crippen molar-refractivity contribution < 1.29 is 14.0 Å². The smallest absolute Gasteiger partial charge is 0.239 e. The van der Waals surface area contributed by atoms with E-state index >= 15 is 0 Å². The van der Waals surface area contributed by atoms with Crippen LogP contribution in [0.2, 0.25) is 0 Å². The second kappa shape index (κ2) is 8.67. The Labute approximate surface area is 175 Å². The fraction of sp³-hybridized carbons (Fsp3) is 0.409. The highest BCUT2D eigenvalue weighted by Crippen LogP contribution is 2.30. The van der Waals surface area contributed by atoms with Gasteiger partial charge in [0, 0.05) is 19.8 Å². The second-order valence-corrected chi connectivity index (χ2v) is 7.77. The Kier molecular flexibility index (Phi) is 6.22. The van der Waals surface area contributed by atoms with Crippen molar-refractivity contribution in [3.63, 3.8) is 0 Å². The molecule has 1 fully saturated rings. The fourth-order valence-corrected chi connectivity index (χ4v) is 3.95. The van der Waals surface area contributed by atoms with E-state index in [1.54, 1.807) is 37.7 Å². The number of amides is 2. The van der Waals surface area contributed by atoms with Crippen molar-refractivity contribution in [1.29, 1.82) is 5.26 Å². The van der Waals surface area contributed by atoms with Crippen molar-refractivity contribution >= 4 is 17.6 Å². The number of nitriles is 1. The first kappa shape index (κ1) is 21.5. The minimum atomic E-state index is -0.406. The number of carbonyl (C=O) groups is 2. The molecule has 0 saturated carbocycles. The predicted octanol–water partition coefficient (Wildman–Crippen LogP) is 2.60. The first-order valence-electron chi connectivity index (χ1n) is 9.87. The van der Waals surface area contributed by atoms with Gasteiger partial charge in [-0.3, -0.25) is 19.1 Å². The summed E-state index contributed by atoms with van der Waals surface area (Å²) in [6, 6.07) is 7.83. The van der Waals surface area contributed by atoms with E-state index in [2.05, 4.69) is 11.4 Å². The molecule has 0 bridgehead atoms. The molecule has 1 aliphatic rings. The molecule has 0 radical (unpaired) electrons. The van der Waals surface area contributed by atoms with Gasteiger partial charge in [0.2, 0.25) is 11.8 Å². The maximum absolute atomic E-state index is 13.8. The largest absolute Gasteiger partial charge is 0.347 e. The van der Waals surface area contributed by atoms with Crippen LogP contribution in [-0.2, 0) is 9.59 Å². The Morgan fingerprint density at radius 1 is 1.33 bits per heavy atom. The van der Waals surface area contributed by atoms with Gasteiger partial charge in [-0.1, -0.05) is 6.07 Å². The first-order valence-corrected chi connectivity index (χ1v) is 9.87. The Balaban J connectivity index is 1.89. The number of hydrogen-bond donors (Lipinski definition) is 1. The van der Waals surface area contributed by atoms with E-state index in [4.69, 9.17) is 0 Å². The standard InChI is InChI=1S/C22H26FN5O2/c1-14-15(2)28(17-8-5-7-16(23)11-17)21(18(14)12-24)25-20(29)13-27-10-6-9-19(27)22(30)26(3)4/h5,7-8,11,19H,6,9-10,13H2,1-4H3,(H,25,29). The van der Waals surface area contributed by atoms with Gasteiger partial charge in [-0.05, 0) is 57.0 Å². The molecular formula is C22H26FN5O2. The van der Waals surface area contributed by atoms with Crippen molar-refractivity contribution in [2.45, 2.75) is 32.7 Å². The number of benzene rings is 1. The number of aromatic nitrogens is 1. The van der Waals surface area contributed by atoms with Gasteiger partial charge in [0.05, 0.1) is 23.8 Å². The summed E-state index contributed by atoms with van der Waals surface area (Å²) in [6.07, 6.45) is 1.56. The van der Waals surface area contributed by atoms with Crippen molar-refractivity contribution in [3.05, 3.63) is 46.9 Å². The van der Waals surface area contributed by atoms with E-state index in [0.29, 0.717) is 30.0 Å². The minimum absolute atomic E-state index is 0.0205. The van der Waals surface area contributed by atoms with Crippen LogP contribution in [0.1, 0.15) is 29.7 Å². The molecule has 1 N–H and O–H groups in total. The monoisotopic (exact) mass is 411 g/mol. The number of likely N-dealkylation sites (tertiary alicyclic amines) is 1. The lowest BCUT2D eigenvalue weighted by atomic mass is 10.2. The van der Waals surface area contributed by atoms with Gasteiger partial charge in [-0.2, -0.15) is 5.26 Å². The number of hydrogen-bond acceptors (Lipinski definition) is 4. The van der Waals surface area contributed by atoms with Crippen LogP contribution in [0.25, 0.3) is 5.69 Å². The summed E-state index contributed by atoms with van der Waals surface area (Å²) in [5.41, 5.74) is 2.33. The van der Waals surface area contributed by atoms with Gasteiger partial charge in [0.25, 0.3) is 0 Å². The summed E-state index contributed by atoms with van der Waals surface area (Å²) in [6.45, 7) is 4.32. The quantitative estimate of drug-likeness (QED) is 0.820. The highest BCUT2D eigenvalue weighted by molar-refractivity contribution is 5.94. The molecule has 1 aromatic carbocycles. The highest BCUT2D eigenvalue weighted by Gasteiger charge is 2.33. The number of likely N-dealkylation sites (N-methyl/N-ethyl adjacent to an activating group) is 1. The molecule has 2 aromatic rings. The zero-order valence-corrected chi connectivity index (χ0v) is 17.7. The predicted molar refractivity (Wildman–Crippen MR) is 112 cm³/mol. The summed E-state index contributed by atoms with van der Waals surface area (Å²) in [5, 5.41) is 12.5. The summed E-state index contributed by atoms with van der Waals surface area (Å²) < 4.78 is 15.5. The Hall–Kier alpha value is -3.18. The maximum atomic E-state index is 13.8. The van der Waals surface area contributed by atoms with Crippen LogP contribution >= 0.6 is 0 Å². The normalized spacial score (nSPS) is 16.3. The van der Waals surface area contributed by atoms with Crippen molar-refractivity contribution in [3.8, 4) is 11.8 Å². The summed E-state index contributed by atoms with van der Waals surface area (Å²) in [5.74, 6) is -0.429. The minimum Gasteiger partial charge on any atom is -0.347 e. The second-order valence-electron chi connectivity index (χ2n) is 7.77. The average Bonchev–Trinajstić information content (AvgIpc) is 3.23. The third-order valence-corrected chi connectivity index (χ3v) is 5.59. The molecule has 158 valence electrons. The van der Waals surface area contributed by atoms with Gasteiger partial charge in [0.15, 0.2) is 0 Å². The Bertz CT molecular complexity index is 1020.